The van der Waals surface area contributed by atoms with Gasteiger partial charge in [-0.15, -0.1) is 11.3 Å². The van der Waals surface area contributed by atoms with Crippen LogP contribution in [-0.4, -0.2) is 16.1 Å². The van der Waals surface area contributed by atoms with Crippen molar-refractivity contribution in [3.05, 3.63) is 16.1 Å². The van der Waals surface area contributed by atoms with E-state index in [0.29, 0.717) is 4.88 Å². The molecule has 0 atom stereocenters. The minimum atomic E-state index is -0.903. The van der Waals surface area contributed by atoms with Gasteiger partial charge < -0.3 is 5.11 Å². The van der Waals surface area contributed by atoms with Gasteiger partial charge in [0, 0.05) is 0 Å². The summed E-state index contributed by atoms with van der Waals surface area (Å²) in [5.41, 5.74) is 0. The highest BCUT2D eigenvalue weighted by Gasteiger charge is 2.21. The maximum Gasteiger partial charge on any atom is 0.347 e. The van der Waals surface area contributed by atoms with Crippen LogP contribution in [0.3, 0.4) is 0 Å². The highest BCUT2D eigenvalue weighted by Crippen LogP contribution is 2.33. The zero-order valence-electron chi connectivity index (χ0n) is 6.67. The second-order valence-electron chi connectivity index (χ2n) is 2.81. The van der Waals surface area contributed by atoms with Crippen LogP contribution in [0, 0.1) is 0 Å². The molecule has 0 aliphatic carbocycles. The van der Waals surface area contributed by atoms with Gasteiger partial charge in [0.1, 0.15) is 9.88 Å². The molecule has 0 spiro atoms. The first-order valence-corrected chi connectivity index (χ1v) is 5.19. The molecule has 3 nitrogen and oxygen atoms in total. The number of alkyl halides is 1. The van der Waals surface area contributed by atoms with E-state index in [1.165, 1.54) is 17.5 Å². The first kappa shape index (κ1) is 9.91. The number of rotatable bonds is 2. The number of aromatic carboxylic acids is 1. The zero-order valence-corrected chi connectivity index (χ0v) is 9.64. The molecule has 0 unspecified atom stereocenters. The minimum absolute atomic E-state index is 0.0872. The van der Waals surface area contributed by atoms with Crippen LogP contribution in [0.15, 0.2) is 6.20 Å². The van der Waals surface area contributed by atoms with Gasteiger partial charge in [-0.2, -0.15) is 0 Å². The van der Waals surface area contributed by atoms with E-state index in [1.54, 1.807) is 0 Å². The van der Waals surface area contributed by atoms with Gasteiger partial charge >= 0.3 is 5.97 Å². The number of nitrogens with zero attached hydrogens (tertiary/aromatic N) is 1. The highest BCUT2D eigenvalue weighted by atomic mass is 127. The lowest BCUT2D eigenvalue weighted by Crippen LogP contribution is -2.04. The molecular formula is C7H8INO2S. The Kier molecular flexibility index (Phi) is 2.72. The van der Waals surface area contributed by atoms with E-state index in [4.69, 9.17) is 5.11 Å². The first-order valence-electron chi connectivity index (χ1n) is 3.30. The molecule has 1 aromatic heterocycles. The van der Waals surface area contributed by atoms with Crippen molar-refractivity contribution in [1.82, 2.24) is 4.98 Å². The van der Waals surface area contributed by atoms with Crippen molar-refractivity contribution in [2.75, 3.05) is 0 Å². The standard InChI is InChI=1S/C7H8INO2S/c1-7(2,8)6-9-3-4(12-6)5(10)11/h3H,1-2H3,(H,10,11). The molecule has 0 bridgehead atoms. The summed E-state index contributed by atoms with van der Waals surface area (Å²) in [5, 5.41) is 9.48. The van der Waals surface area contributed by atoms with Gasteiger partial charge in [0.05, 0.1) is 9.62 Å². The van der Waals surface area contributed by atoms with Gasteiger partial charge in [-0.25, -0.2) is 9.78 Å². The third-order valence-corrected chi connectivity index (χ3v) is 3.41. The second kappa shape index (κ2) is 3.29. The van der Waals surface area contributed by atoms with Crippen LogP contribution in [0.25, 0.3) is 0 Å². The fourth-order valence-corrected chi connectivity index (χ4v) is 1.87. The molecule has 0 aliphatic heterocycles. The summed E-state index contributed by atoms with van der Waals surface area (Å²) in [4.78, 5) is 14.8. The smallest absolute Gasteiger partial charge is 0.347 e. The van der Waals surface area contributed by atoms with Crippen molar-refractivity contribution >= 4 is 39.9 Å². The molecule has 0 aromatic carbocycles. The third-order valence-electron chi connectivity index (χ3n) is 1.23. The van der Waals surface area contributed by atoms with Crippen LogP contribution in [0.1, 0.15) is 28.5 Å². The number of hydrogen-bond donors (Lipinski definition) is 1. The number of halogens is 1. The highest BCUT2D eigenvalue weighted by molar-refractivity contribution is 14.1. The van der Waals surface area contributed by atoms with E-state index in [-0.39, 0.29) is 3.42 Å². The number of thiazole rings is 1. The second-order valence-corrected chi connectivity index (χ2v) is 6.53. The maximum absolute atomic E-state index is 10.5. The molecule has 5 heteroatoms. The maximum atomic E-state index is 10.5. The van der Waals surface area contributed by atoms with Crippen molar-refractivity contribution in [1.29, 1.82) is 0 Å². The summed E-state index contributed by atoms with van der Waals surface area (Å²) in [6, 6.07) is 0. The van der Waals surface area contributed by atoms with E-state index < -0.39 is 5.97 Å². The SMILES string of the molecule is CC(C)(I)c1ncc(C(=O)O)s1. The Morgan fingerprint density at radius 2 is 2.33 bits per heavy atom. The average molecular weight is 297 g/mol. The Morgan fingerprint density at radius 1 is 1.75 bits per heavy atom. The van der Waals surface area contributed by atoms with Crippen LogP contribution in [0.2, 0.25) is 0 Å². The van der Waals surface area contributed by atoms with Crippen molar-refractivity contribution < 1.29 is 9.90 Å². The lowest BCUT2D eigenvalue weighted by molar-refractivity contribution is 0.0702. The zero-order chi connectivity index (χ0) is 9.35. The lowest BCUT2D eigenvalue weighted by Gasteiger charge is -2.10. The molecule has 66 valence electrons. The molecule has 0 aliphatic rings. The summed E-state index contributed by atoms with van der Waals surface area (Å²) in [5.74, 6) is -0.903. The van der Waals surface area contributed by atoms with E-state index in [2.05, 4.69) is 27.6 Å². The largest absolute Gasteiger partial charge is 0.477 e. The summed E-state index contributed by atoms with van der Waals surface area (Å²) in [6.07, 6.45) is 1.41. The Hall–Kier alpha value is -0.170. The Bertz CT molecular complexity index is 303. The average Bonchev–Trinajstić information content (AvgIpc) is 2.30. The Labute approximate surface area is 88.0 Å². The monoisotopic (exact) mass is 297 g/mol. The van der Waals surface area contributed by atoms with Crippen LogP contribution in [0.5, 0.6) is 0 Å². The van der Waals surface area contributed by atoms with Crippen molar-refractivity contribution in [3.8, 4) is 0 Å². The molecule has 0 amide bonds. The third kappa shape index (κ3) is 2.16. The molecule has 1 heterocycles. The lowest BCUT2D eigenvalue weighted by atomic mass is 10.2. The number of aromatic nitrogens is 1. The first-order chi connectivity index (χ1) is 5.41. The molecule has 0 fully saturated rings. The van der Waals surface area contributed by atoms with Crippen molar-refractivity contribution in [3.63, 3.8) is 0 Å². The molecule has 12 heavy (non-hydrogen) atoms. The summed E-state index contributed by atoms with van der Waals surface area (Å²) < 4.78 is -0.0872. The Balaban J connectivity index is 3.00. The van der Waals surface area contributed by atoms with Gasteiger partial charge in [-0.05, 0) is 13.8 Å². The fourth-order valence-electron chi connectivity index (χ4n) is 0.648. The predicted octanol–water partition coefficient (Wildman–Crippen LogP) is 2.51. The molecule has 1 aromatic rings. The molecule has 1 N–H and O–H groups in total. The van der Waals surface area contributed by atoms with Crippen LogP contribution in [-0.2, 0) is 3.42 Å². The van der Waals surface area contributed by atoms with Gasteiger partial charge in [0.15, 0.2) is 0 Å². The molecule has 0 saturated heterocycles. The fraction of sp³-hybridized carbons (Fsp3) is 0.429. The topological polar surface area (TPSA) is 50.2 Å². The van der Waals surface area contributed by atoms with Crippen LogP contribution >= 0.6 is 33.9 Å². The van der Waals surface area contributed by atoms with E-state index in [0.717, 1.165) is 5.01 Å². The van der Waals surface area contributed by atoms with Gasteiger partial charge in [0.25, 0.3) is 0 Å². The van der Waals surface area contributed by atoms with E-state index in [1.807, 2.05) is 13.8 Å². The van der Waals surface area contributed by atoms with Gasteiger partial charge in [-0.1, -0.05) is 22.6 Å². The van der Waals surface area contributed by atoms with Crippen molar-refractivity contribution in [2.24, 2.45) is 0 Å². The normalized spacial score (nSPS) is 11.6. The number of hydrogen-bond acceptors (Lipinski definition) is 3. The molecule has 0 saturated carbocycles. The van der Waals surface area contributed by atoms with Gasteiger partial charge in [-0.3, -0.25) is 0 Å². The van der Waals surface area contributed by atoms with Crippen LogP contribution < -0.4 is 0 Å². The van der Waals surface area contributed by atoms with Gasteiger partial charge in [0.2, 0.25) is 0 Å². The summed E-state index contributed by atoms with van der Waals surface area (Å²) in [6.45, 7) is 4.00. The quantitative estimate of drug-likeness (QED) is 0.674. The van der Waals surface area contributed by atoms with Crippen molar-refractivity contribution in [2.45, 2.75) is 17.3 Å². The van der Waals surface area contributed by atoms with E-state index >= 15 is 0 Å². The van der Waals surface area contributed by atoms with E-state index in [9.17, 15) is 4.79 Å². The summed E-state index contributed by atoms with van der Waals surface area (Å²) in [7, 11) is 0. The number of carboxylic acids is 1. The molecule has 0 radical (unpaired) electrons. The molecular weight excluding hydrogens is 289 g/mol. The Morgan fingerprint density at radius 3 is 2.58 bits per heavy atom. The van der Waals surface area contributed by atoms with Crippen LogP contribution in [0.4, 0.5) is 0 Å². The predicted molar refractivity (Wildman–Crippen MR) is 56.1 cm³/mol. The molecule has 1 rings (SSSR count). The summed E-state index contributed by atoms with van der Waals surface area (Å²) >= 11 is 3.46. The number of carbonyl (C=O) groups is 1. The minimum Gasteiger partial charge on any atom is -0.477 e. The number of carboxylic acid groups (broad SMARTS) is 1.